The summed E-state index contributed by atoms with van der Waals surface area (Å²) < 4.78 is 32.0. The molecule has 8 nitrogen and oxygen atoms in total. The molecule has 11 heteroatoms. The molecule has 1 saturated heterocycles. The first-order valence-electron chi connectivity index (χ1n) is 9.35. The van der Waals surface area contributed by atoms with Crippen LogP contribution in [0.5, 0.6) is 0 Å². The second-order valence-corrected chi connectivity index (χ2v) is 7.96. The fraction of sp³-hybridized carbons (Fsp3) is 0.368. The predicted octanol–water partition coefficient (Wildman–Crippen LogP) is 3.79. The standard InChI is InChI=1S/C19H19F2N5O3S/c1-11-14(15-22-5-7-26(15)18(20)21)30-19(23-11)24-16(27)12-3-2-6-25(9-12)17(28)13-4-8-29-10-13/h4-5,7-8,10,12,18H,2-3,6,9H2,1H3,(H,23,24,27)/t12-/m1/s1. The smallest absolute Gasteiger partial charge is 0.320 e. The minimum absolute atomic E-state index is 0.107. The van der Waals surface area contributed by atoms with E-state index in [4.69, 9.17) is 4.42 Å². The van der Waals surface area contributed by atoms with Crippen LogP contribution in [0.1, 0.15) is 35.4 Å². The maximum absolute atomic E-state index is 13.1. The van der Waals surface area contributed by atoms with Gasteiger partial charge in [-0.3, -0.25) is 14.2 Å². The fourth-order valence-electron chi connectivity index (χ4n) is 3.46. The van der Waals surface area contributed by atoms with Crippen molar-refractivity contribution in [2.45, 2.75) is 26.3 Å². The normalized spacial score (nSPS) is 16.8. The lowest BCUT2D eigenvalue weighted by Crippen LogP contribution is -2.43. The number of likely N-dealkylation sites (tertiary alicyclic amines) is 1. The van der Waals surface area contributed by atoms with Crippen molar-refractivity contribution in [3.8, 4) is 10.7 Å². The van der Waals surface area contributed by atoms with Crippen molar-refractivity contribution < 1.29 is 22.8 Å². The summed E-state index contributed by atoms with van der Waals surface area (Å²) in [5.74, 6) is -0.704. The Hall–Kier alpha value is -3.08. The van der Waals surface area contributed by atoms with Crippen molar-refractivity contribution in [3.63, 3.8) is 0 Å². The summed E-state index contributed by atoms with van der Waals surface area (Å²) in [5, 5.41) is 3.08. The highest BCUT2D eigenvalue weighted by molar-refractivity contribution is 7.19. The Labute approximate surface area is 174 Å². The van der Waals surface area contributed by atoms with Crippen molar-refractivity contribution in [2.75, 3.05) is 18.4 Å². The monoisotopic (exact) mass is 435 g/mol. The van der Waals surface area contributed by atoms with Crippen LogP contribution in [-0.2, 0) is 4.79 Å². The van der Waals surface area contributed by atoms with Crippen LogP contribution < -0.4 is 5.32 Å². The van der Waals surface area contributed by atoms with Gasteiger partial charge < -0.3 is 14.6 Å². The van der Waals surface area contributed by atoms with E-state index in [1.807, 2.05) is 0 Å². The highest BCUT2D eigenvalue weighted by atomic mass is 32.1. The van der Waals surface area contributed by atoms with Gasteiger partial charge >= 0.3 is 6.55 Å². The largest absolute Gasteiger partial charge is 0.472 e. The van der Waals surface area contributed by atoms with E-state index < -0.39 is 6.55 Å². The first-order chi connectivity index (χ1) is 14.4. The van der Waals surface area contributed by atoms with Gasteiger partial charge in [-0.1, -0.05) is 11.3 Å². The number of amides is 2. The molecule has 2 amide bonds. The molecule has 1 fully saturated rings. The lowest BCUT2D eigenvalue weighted by atomic mass is 9.97. The number of aromatic nitrogens is 3. The van der Waals surface area contributed by atoms with Crippen LogP contribution in [0.15, 0.2) is 35.4 Å². The topological polar surface area (TPSA) is 93.3 Å². The van der Waals surface area contributed by atoms with Crippen LogP contribution in [0.25, 0.3) is 10.7 Å². The van der Waals surface area contributed by atoms with Crippen molar-refractivity contribution in [1.29, 1.82) is 0 Å². The number of piperidine rings is 1. The van der Waals surface area contributed by atoms with Crippen LogP contribution in [0, 0.1) is 12.8 Å². The molecule has 0 radical (unpaired) electrons. The number of aryl methyl sites for hydroxylation is 1. The number of halogens is 2. The molecule has 4 heterocycles. The summed E-state index contributed by atoms with van der Waals surface area (Å²) in [6.45, 7) is -0.172. The zero-order valence-corrected chi connectivity index (χ0v) is 16.9. The molecule has 3 aromatic rings. The second-order valence-electron chi connectivity index (χ2n) is 6.96. The van der Waals surface area contributed by atoms with Gasteiger partial charge in [-0.15, -0.1) is 0 Å². The van der Waals surface area contributed by atoms with Crippen LogP contribution in [0.4, 0.5) is 13.9 Å². The second kappa shape index (κ2) is 8.34. The zero-order valence-electron chi connectivity index (χ0n) is 16.0. The maximum Gasteiger partial charge on any atom is 0.320 e. The van der Waals surface area contributed by atoms with Gasteiger partial charge in [-0.2, -0.15) is 8.78 Å². The van der Waals surface area contributed by atoms with E-state index in [2.05, 4.69) is 15.3 Å². The molecule has 1 N–H and O–H groups in total. The number of hydrogen-bond acceptors (Lipinski definition) is 6. The van der Waals surface area contributed by atoms with E-state index in [0.717, 1.165) is 15.9 Å². The molecule has 4 rings (SSSR count). The molecule has 0 bridgehead atoms. The van der Waals surface area contributed by atoms with E-state index in [9.17, 15) is 18.4 Å². The van der Waals surface area contributed by atoms with E-state index in [-0.39, 0.29) is 23.6 Å². The number of imidazole rings is 1. The predicted molar refractivity (Wildman–Crippen MR) is 105 cm³/mol. The van der Waals surface area contributed by atoms with Crippen molar-refractivity contribution >= 4 is 28.3 Å². The van der Waals surface area contributed by atoms with Crippen LogP contribution in [-0.4, -0.2) is 44.3 Å². The SMILES string of the molecule is Cc1nc(NC(=O)[C@@H]2CCCN(C(=O)c3ccoc3)C2)sc1-c1nccn1C(F)F. The quantitative estimate of drug-likeness (QED) is 0.658. The zero-order chi connectivity index (χ0) is 21.3. The number of nitrogens with one attached hydrogen (secondary N) is 1. The lowest BCUT2D eigenvalue weighted by Gasteiger charge is -2.31. The Morgan fingerprint density at radius 2 is 2.23 bits per heavy atom. The lowest BCUT2D eigenvalue weighted by molar-refractivity contribution is -0.121. The van der Waals surface area contributed by atoms with Gasteiger partial charge in [0.05, 0.1) is 28.3 Å². The summed E-state index contributed by atoms with van der Waals surface area (Å²) in [6.07, 6.45) is 6.67. The molecule has 0 unspecified atom stereocenters. The third kappa shape index (κ3) is 3.97. The summed E-state index contributed by atoms with van der Waals surface area (Å²) in [7, 11) is 0. The van der Waals surface area contributed by atoms with Crippen LogP contribution in [0.3, 0.4) is 0 Å². The molecule has 0 spiro atoms. The molecule has 158 valence electrons. The number of alkyl halides is 2. The molecule has 3 aromatic heterocycles. The molecule has 30 heavy (non-hydrogen) atoms. The van der Waals surface area contributed by atoms with Gasteiger partial charge in [0.25, 0.3) is 5.91 Å². The highest BCUT2D eigenvalue weighted by Crippen LogP contribution is 2.34. The third-order valence-corrected chi connectivity index (χ3v) is 6.03. The average molecular weight is 435 g/mol. The summed E-state index contributed by atoms with van der Waals surface area (Å²) >= 11 is 1.09. The molecule has 0 aromatic carbocycles. The molecule has 1 aliphatic heterocycles. The Bertz CT molecular complexity index is 1050. The number of carbonyl (C=O) groups is 2. The highest BCUT2D eigenvalue weighted by Gasteiger charge is 2.30. The molecule has 1 aliphatic rings. The number of hydrogen-bond donors (Lipinski definition) is 1. The number of nitrogens with zero attached hydrogens (tertiary/aromatic N) is 4. The fourth-order valence-corrected chi connectivity index (χ4v) is 4.43. The van der Waals surface area contributed by atoms with Gasteiger partial charge in [0, 0.05) is 25.5 Å². The maximum atomic E-state index is 13.1. The first kappa shape index (κ1) is 20.2. The van der Waals surface area contributed by atoms with Crippen LogP contribution >= 0.6 is 11.3 Å². The third-order valence-electron chi connectivity index (χ3n) is 4.96. The number of rotatable bonds is 5. The molecular weight excluding hydrogens is 416 g/mol. The number of furan rings is 1. The number of anilines is 1. The van der Waals surface area contributed by atoms with Crippen molar-refractivity contribution in [3.05, 3.63) is 42.2 Å². The van der Waals surface area contributed by atoms with Gasteiger partial charge in [-0.25, -0.2) is 9.97 Å². The Morgan fingerprint density at radius 3 is 2.97 bits per heavy atom. The molecular formula is C19H19F2N5O3S. The number of carbonyl (C=O) groups excluding carboxylic acids is 2. The Balaban J connectivity index is 1.45. The van der Waals surface area contributed by atoms with E-state index in [1.165, 1.54) is 24.9 Å². The Kier molecular flexibility index (Phi) is 5.62. The Morgan fingerprint density at radius 1 is 1.40 bits per heavy atom. The van der Waals surface area contributed by atoms with Gasteiger partial charge in [0.15, 0.2) is 11.0 Å². The summed E-state index contributed by atoms with van der Waals surface area (Å²) in [4.78, 5) is 35.7. The number of thiazole rings is 1. The molecule has 0 aliphatic carbocycles. The van der Waals surface area contributed by atoms with Gasteiger partial charge in [0.1, 0.15) is 6.26 Å². The first-order valence-corrected chi connectivity index (χ1v) is 10.2. The van der Waals surface area contributed by atoms with Gasteiger partial charge in [-0.05, 0) is 25.8 Å². The van der Waals surface area contributed by atoms with E-state index in [1.54, 1.807) is 17.9 Å². The minimum Gasteiger partial charge on any atom is -0.472 e. The van der Waals surface area contributed by atoms with Crippen molar-refractivity contribution in [2.24, 2.45) is 5.92 Å². The van der Waals surface area contributed by atoms with Crippen molar-refractivity contribution in [1.82, 2.24) is 19.4 Å². The average Bonchev–Trinajstić information content (AvgIpc) is 3.48. The minimum atomic E-state index is -2.72. The summed E-state index contributed by atoms with van der Waals surface area (Å²) in [6, 6.07) is 1.59. The summed E-state index contributed by atoms with van der Waals surface area (Å²) in [5.41, 5.74) is 0.953. The van der Waals surface area contributed by atoms with E-state index in [0.29, 0.717) is 47.2 Å². The molecule has 0 saturated carbocycles. The van der Waals surface area contributed by atoms with Gasteiger partial charge in [0.2, 0.25) is 5.91 Å². The molecule has 1 atom stereocenters. The van der Waals surface area contributed by atoms with Crippen LogP contribution in [0.2, 0.25) is 0 Å². The van der Waals surface area contributed by atoms with E-state index >= 15 is 0 Å².